The number of nitrogen functional groups attached to an aromatic ring is 1. The lowest BCUT2D eigenvalue weighted by Gasteiger charge is -2.07. The molecule has 0 saturated heterocycles. The summed E-state index contributed by atoms with van der Waals surface area (Å²) in [7, 11) is 0. The summed E-state index contributed by atoms with van der Waals surface area (Å²) in [5.74, 6) is 0.533. The highest BCUT2D eigenvalue weighted by atomic mass is 79.9. The Bertz CT molecular complexity index is 540. The minimum atomic E-state index is -0.201. The van der Waals surface area contributed by atoms with Crippen LogP contribution in [0.2, 0.25) is 0 Å². The number of benzene rings is 1. The molecule has 4 N–H and O–H groups in total. The lowest BCUT2D eigenvalue weighted by Crippen LogP contribution is -2.26. The first kappa shape index (κ1) is 12.6. The molecule has 0 fully saturated rings. The Kier molecular flexibility index (Phi) is 3.93. The molecule has 0 saturated carbocycles. The van der Waals surface area contributed by atoms with Gasteiger partial charge < -0.3 is 11.1 Å². The van der Waals surface area contributed by atoms with E-state index in [2.05, 4.69) is 36.4 Å². The van der Waals surface area contributed by atoms with Gasteiger partial charge in [-0.15, -0.1) is 0 Å². The fourth-order valence-corrected chi connectivity index (χ4v) is 1.83. The van der Waals surface area contributed by atoms with Gasteiger partial charge in [0, 0.05) is 23.1 Å². The molecule has 1 heterocycles. The van der Waals surface area contributed by atoms with Crippen molar-refractivity contribution in [1.29, 1.82) is 0 Å². The van der Waals surface area contributed by atoms with E-state index in [0.29, 0.717) is 24.2 Å². The number of aromatic nitrogens is 3. The predicted molar refractivity (Wildman–Crippen MR) is 71.0 cm³/mol. The molecule has 7 heteroatoms. The maximum atomic E-state index is 11.9. The summed E-state index contributed by atoms with van der Waals surface area (Å²) < 4.78 is 0.817. The fourth-order valence-electron chi connectivity index (χ4n) is 1.47. The zero-order valence-electron chi connectivity index (χ0n) is 9.48. The molecule has 0 bridgehead atoms. The van der Waals surface area contributed by atoms with Crippen LogP contribution in [0.1, 0.15) is 16.2 Å². The van der Waals surface area contributed by atoms with E-state index in [4.69, 9.17) is 5.73 Å². The molecule has 1 aromatic heterocycles. The quantitative estimate of drug-likeness (QED) is 0.737. The van der Waals surface area contributed by atoms with E-state index in [9.17, 15) is 4.79 Å². The largest absolute Gasteiger partial charge is 0.398 e. The third-order valence-electron chi connectivity index (χ3n) is 2.37. The van der Waals surface area contributed by atoms with Crippen molar-refractivity contribution < 1.29 is 4.79 Å². The van der Waals surface area contributed by atoms with Crippen molar-refractivity contribution in [3.63, 3.8) is 0 Å². The molecular weight excluding hydrogens is 298 g/mol. The van der Waals surface area contributed by atoms with E-state index in [1.54, 1.807) is 18.2 Å². The molecular formula is C11H12BrN5O. The number of hydrogen-bond acceptors (Lipinski definition) is 4. The molecule has 6 nitrogen and oxygen atoms in total. The van der Waals surface area contributed by atoms with Crippen LogP contribution in [0, 0.1) is 0 Å². The second kappa shape index (κ2) is 5.63. The Morgan fingerprint density at radius 1 is 1.50 bits per heavy atom. The van der Waals surface area contributed by atoms with Crippen molar-refractivity contribution >= 4 is 27.5 Å². The number of hydrogen-bond donors (Lipinski definition) is 3. The van der Waals surface area contributed by atoms with E-state index < -0.39 is 0 Å². The van der Waals surface area contributed by atoms with Gasteiger partial charge in [-0.1, -0.05) is 15.9 Å². The molecule has 0 aliphatic carbocycles. The summed E-state index contributed by atoms with van der Waals surface area (Å²) in [5.41, 5.74) is 6.66. The SMILES string of the molecule is Nc1ccc(Br)cc1C(=O)NCCc1ncn[nH]1. The molecule has 94 valence electrons. The Morgan fingerprint density at radius 3 is 3.06 bits per heavy atom. The second-order valence-electron chi connectivity index (χ2n) is 3.67. The van der Waals surface area contributed by atoms with Crippen molar-refractivity contribution in [3.05, 3.63) is 40.4 Å². The minimum Gasteiger partial charge on any atom is -0.398 e. The number of nitrogens with one attached hydrogen (secondary N) is 2. The Morgan fingerprint density at radius 2 is 2.33 bits per heavy atom. The van der Waals surface area contributed by atoms with Gasteiger partial charge >= 0.3 is 0 Å². The molecule has 0 spiro atoms. The van der Waals surface area contributed by atoms with Crippen LogP contribution < -0.4 is 11.1 Å². The Hall–Kier alpha value is -1.89. The predicted octanol–water partition coefficient (Wildman–Crippen LogP) is 1.12. The molecule has 1 amide bonds. The van der Waals surface area contributed by atoms with Crippen LogP contribution in [-0.4, -0.2) is 27.6 Å². The molecule has 1 aromatic carbocycles. The number of halogens is 1. The maximum Gasteiger partial charge on any atom is 0.253 e. The van der Waals surface area contributed by atoms with Crippen molar-refractivity contribution in [2.45, 2.75) is 6.42 Å². The van der Waals surface area contributed by atoms with Gasteiger partial charge in [-0.05, 0) is 18.2 Å². The highest BCUT2D eigenvalue weighted by molar-refractivity contribution is 9.10. The van der Waals surface area contributed by atoms with E-state index in [-0.39, 0.29) is 5.91 Å². The first-order chi connectivity index (χ1) is 8.66. The second-order valence-corrected chi connectivity index (χ2v) is 4.59. The van der Waals surface area contributed by atoms with E-state index in [1.165, 1.54) is 6.33 Å². The van der Waals surface area contributed by atoms with Gasteiger partial charge in [-0.2, -0.15) is 5.10 Å². The summed E-state index contributed by atoms with van der Waals surface area (Å²) in [6.07, 6.45) is 2.03. The molecule has 0 unspecified atom stereocenters. The molecule has 2 rings (SSSR count). The number of rotatable bonds is 4. The third kappa shape index (κ3) is 3.07. The zero-order valence-corrected chi connectivity index (χ0v) is 11.1. The fraction of sp³-hybridized carbons (Fsp3) is 0.182. The van der Waals surface area contributed by atoms with Gasteiger partial charge in [0.2, 0.25) is 0 Å². The summed E-state index contributed by atoms with van der Waals surface area (Å²) >= 11 is 3.31. The average Bonchev–Trinajstić information content (AvgIpc) is 2.85. The summed E-state index contributed by atoms with van der Waals surface area (Å²) in [5, 5.41) is 9.23. The topological polar surface area (TPSA) is 96.7 Å². The zero-order chi connectivity index (χ0) is 13.0. The van der Waals surface area contributed by atoms with E-state index in [0.717, 1.165) is 10.3 Å². The monoisotopic (exact) mass is 309 g/mol. The van der Waals surface area contributed by atoms with Crippen LogP contribution in [0.5, 0.6) is 0 Å². The molecule has 0 aliphatic heterocycles. The molecule has 0 aliphatic rings. The smallest absolute Gasteiger partial charge is 0.253 e. The number of anilines is 1. The molecule has 0 atom stereocenters. The van der Waals surface area contributed by atoms with Crippen LogP contribution in [0.15, 0.2) is 29.0 Å². The van der Waals surface area contributed by atoms with Gasteiger partial charge in [0.25, 0.3) is 5.91 Å². The number of amides is 1. The highest BCUT2D eigenvalue weighted by Gasteiger charge is 2.09. The molecule has 0 radical (unpaired) electrons. The van der Waals surface area contributed by atoms with Gasteiger partial charge in [0.05, 0.1) is 5.56 Å². The van der Waals surface area contributed by atoms with Crippen molar-refractivity contribution in [1.82, 2.24) is 20.5 Å². The van der Waals surface area contributed by atoms with Gasteiger partial charge in [0.1, 0.15) is 12.2 Å². The number of nitrogens with zero attached hydrogens (tertiary/aromatic N) is 2. The summed E-state index contributed by atoms with van der Waals surface area (Å²) in [6.45, 7) is 0.472. The summed E-state index contributed by atoms with van der Waals surface area (Å²) in [6, 6.07) is 5.18. The minimum absolute atomic E-state index is 0.201. The maximum absolute atomic E-state index is 11.9. The first-order valence-corrected chi connectivity index (χ1v) is 6.13. The van der Waals surface area contributed by atoms with Crippen molar-refractivity contribution in [3.8, 4) is 0 Å². The van der Waals surface area contributed by atoms with Crippen LogP contribution >= 0.6 is 15.9 Å². The average molecular weight is 310 g/mol. The number of carbonyl (C=O) groups excluding carboxylic acids is 1. The van der Waals surface area contributed by atoms with Gasteiger partial charge in [-0.25, -0.2) is 4.98 Å². The third-order valence-corrected chi connectivity index (χ3v) is 2.87. The van der Waals surface area contributed by atoms with Gasteiger partial charge in [0.15, 0.2) is 0 Å². The molecule has 18 heavy (non-hydrogen) atoms. The van der Waals surface area contributed by atoms with Crippen LogP contribution in [0.4, 0.5) is 5.69 Å². The van der Waals surface area contributed by atoms with Crippen molar-refractivity contribution in [2.75, 3.05) is 12.3 Å². The van der Waals surface area contributed by atoms with Crippen LogP contribution in [0.3, 0.4) is 0 Å². The number of carbonyl (C=O) groups is 1. The van der Waals surface area contributed by atoms with Crippen LogP contribution in [0.25, 0.3) is 0 Å². The Balaban J connectivity index is 1.93. The Labute approximate surface area is 112 Å². The molecule has 2 aromatic rings. The summed E-state index contributed by atoms with van der Waals surface area (Å²) in [4.78, 5) is 15.9. The standard InChI is InChI=1S/C11H12BrN5O/c12-7-1-2-9(13)8(5-7)11(18)14-4-3-10-15-6-16-17-10/h1-2,5-6H,3-4,13H2,(H,14,18)(H,15,16,17). The lowest BCUT2D eigenvalue weighted by molar-refractivity contribution is 0.0955. The number of nitrogens with two attached hydrogens (primary N) is 1. The number of H-pyrrole nitrogens is 1. The van der Waals surface area contributed by atoms with E-state index >= 15 is 0 Å². The van der Waals surface area contributed by atoms with Crippen LogP contribution in [-0.2, 0) is 6.42 Å². The normalized spacial score (nSPS) is 10.3. The highest BCUT2D eigenvalue weighted by Crippen LogP contribution is 2.18. The van der Waals surface area contributed by atoms with E-state index in [1.807, 2.05) is 0 Å². The number of aromatic amines is 1. The lowest BCUT2D eigenvalue weighted by atomic mass is 10.1. The first-order valence-electron chi connectivity index (χ1n) is 5.34. The van der Waals surface area contributed by atoms with Crippen molar-refractivity contribution in [2.24, 2.45) is 0 Å². The van der Waals surface area contributed by atoms with Gasteiger partial charge in [-0.3, -0.25) is 9.89 Å².